The molecule has 0 atom stereocenters. The molecule has 0 aromatic rings. The highest BCUT2D eigenvalue weighted by Gasteiger charge is 2.15. The zero-order valence-electron chi connectivity index (χ0n) is 11.1. The summed E-state index contributed by atoms with van der Waals surface area (Å²) in [6.45, 7) is 11.7. The minimum atomic E-state index is -0.392. The predicted octanol–water partition coefficient (Wildman–Crippen LogP) is 3.21. The van der Waals surface area contributed by atoms with Gasteiger partial charge in [-0.25, -0.2) is 4.79 Å². The monoisotopic (exact) mass is 226 g/mol. The van der Waals surface area contributed by atoms with Crippen LogP contribution in [0.3, 0.4) is 0 Å². The zero-order valence-corrected chi connectivity index (χ0v) is 11.1. The molecule has 0 saturated heterocycles. The summed E-state index contributed by atoms with van der Waals surface area (Å²) in [6, 6.07) is 0. The summed E-state index contributed by atoms with van der Waals surface area (Å²) in [6.07, 6.45) is 1.79. The van der Waals surface area contributed by atoms with Crippen molar-refractivity contribution in [3.05, 3.63) is 23.0 Å². The van der Waals surface area contributed by atoms with E-state index in [-0.39, 0.29) is 6.10 Å². The Morgan fingerprint density at radius 3 is 2.12 bits per heavy atom. The average molecular weight is 226 g/mol. The number of carbonyl (C=O) groups excluding carboxylic acids is 1. The van der Waals surface area contributed by atoms with Crippen LogP contribution in [0.2, 0.25) is 0 Å². The molecular formula is C13H22O3. The number of hydrogen-bond donors (Lipinski definition) is 0. The lowest BCUT2D eigenvalue weighted by atomic mass is 10.3. The molecule has 0 amide bonds. The van der Waals surface area contributed by atoms with Gasteiger partial charge in [-0.2, -0.15) is 0 Å². The first-order valence-electron chi connectivity index (χ1n) is 5.49. The fourth-order valence-electron chi connectivity index (χ4n) is 0.967. The molecule has 0 spiro atoms. The predicted molar refractivity (Wildman–Crippen MR) is 65.0 cm³/mol. The van der Waals surface area contributed by atoms with Crippen molar-refractivity contribution in [3.63, 3.8) is 0 Å². The number of ether oxygens (including phenoxy) is 2. The SMILES string of the molecule is CC(C)=CCOC(C(=O)OC(C)C)=C(C)C. The molecule has 16 heavy (non-hydrogen) atoms. The number of rotatable bonds is 5. The molecule has 0 aromatic heterocycles. The van der Waals surface area contributed by atoms with E-state index in [0.29, 0.717) is 12.4 Å². The molecule has 0 N–H and O–H groups in total. The maximum Gasteiger partial charge on any atom is 0.373 e. The van der Waals surface area contributed by atoms with E-state index in [2.05, 4.69) is 0 Å². The smallest absolute Gasteiger partial charge is 0.373 e. The van der Waals surface area contributed by atoms with E-state index in [0.717, 1.165) is 11.1 Å². The number of allylic oxidation sites excluding steroid dienone is 2. The van der Waals surface area contributed by atoms with Gasteiger partial charge in [0.15, 0.2) is 0 Å². The Labute approximate surface area is 98.1 Å². The second-order valence-corrected chi connectivity index (χ2v) is 4.38. The third-order valence-electron chi connectivity index (χ3n) is 1.70. The molecule has 92 valence electrons. The molecule has 3 nitrogen and oxygen atoms in total. The molecule has 0 heterocycles. The fraction of sp³-hybridized carbons (Fsp3) is 0.615. The average Bonchev–Trinajstić information content (AvgIpc) is 2.09. The third-order valence-corrected chi connectivity index (χ3v) is 1.70. The van der Waals surface area contributed by atoms with E-state index in [1.165, 1.54) is 0 Å². The van der Waals surface area contributed by atoms with E-state index in [1.54, 1.807) is 0 Å². The number of esters is 1. The summed E-state index contributed by atoms with van der Waals surface area (Å²) in [5.41, 5.74) is 1.98. The van der Waals surface area contributed by atoms with Crippen LogP contribution in [-0.4, -0.2) is 18.7 Å². The normalized spacial score (nSPS) is 9.69. The summed E-state index contributed by atoms with van der Waals surface area (Å²) < 4.78 is 10.5. The minimum absolute atomic E-state index is 0.131. The van der Waals surface area contributed by atoms with E-state index in [1.807, 2.05) is 47.6 Å². The van der Waals surface area contributed by atoms with Gasteiger partial charge < -0.3 is 9.47 Å². The molecule has 0 aliphatic rings. The lowest BCUT2D eigenvalue weighted by Gasteiger charge is -2.12. The quantitative estimate of drug-likeness (QED) is 0.312. The molecule has 0 aliphatic carbocycles. The molecule has 3 heteroatoms. The van der Waals surface area contributed by atoms with Crippen LogP contribution in [0.25, 0.3) is 0 Å². The van der Waals surface area contributed by atoms with Crippen molar-refractivity contribution in [3.8, 4) is 0 Å². The van der Waals surface area contributed by atoms with E-state index in [9.17, 15) is 4.79 Å². The van der Waals surface area contributed by atoms with Crippen LogP contribution in [0, 0.1) is 0 Å². The van der Waals surface area contributed by atoms with Crippen molar-refractivity contribution in [2.45, 2.75) is 47.6 Å². The van der Waals surface area contributed by atoms with Gasteiger partial charge in [0.05, 0.1) is 6.10 Å². The first kappa shape index (κ1) is 14.8. The minimum Gasteiger partial charge on any atom is -0.482 e. The summed E-state index contributed by atoms with van der Waals surface area (Å²) >= 11 is 0. The standard InChI is InChI=1S/C13H22O3/c1-9(2)7-8-15-12(10(3)4)13(14)16-11(5)6/h7,11H,8H2,1-6H3. The summed E-state index contributed by atoms with van der Waals surface area (Å²) in [4.78, 5) is 11.6. The van der Waals surface area contributed by atoms with Gasteiger partial charge in [0.2, 0.25) is 5.76 Å². The molecule has 0 bridgehead atoms. The molecule has 0 aliphatic heterocycles. The van der Waals surface area contributed by atoms with Crippen molar-refractivity contribution < 1.29 is 14.3 Å². The van der Waals surface area contributed by atoms with Crippen LogP contribution >= 0.6 is 0 Å². The van der Waals surface area contributed by atoms with Gasteiger partial charge in [-0.05, 0) is 53.2 Å². The molecular weight excluding hydrogens is 204 g/mol. The van der Waals surface area contributed by atoms with Crippen LogP contribution in [0.5, 0.6) is 0 Å². The third kappa shape index (κ3) is 6.27. The Bertz CT molecular complexity index is 290. The maximum absolute atomic E-state index is 11.6. The van der Waals surface area contributed by atoms with Crippen LogP contribution in [0.4, 0.5) is 0 Å². The van der Waals surface area contributed by atoms with Crippen molar-refractivity contribution in [2.24, 2.45) is 0 Å². The van der Waals surface area contributed by atoms with Gasteiger partial charge in [-0.1, -0.05) is 5.57 Å². The largest absolute Gasteiger partial charge is 0.482 e. The summed E-state index contributed by atoms with van der Waals surface area (Å²) in [5.74, 6) is -0.0802. The van der Waals surface area contributed by atoms with Crippen LogP contribution in [0.15, 0.2) is 23.0 Å². The van der Waals surface area contributed by atoms with Crippen LogP contribution in [-0.2, 0) is 14.3 Å². The highest BCUT2D eigenvalue weighted by atomic mass is 16.6. The lowest BCUT2D eigenvalue weighted by Crippen LogP contribution is -2.16. The van der Waals surface area contributed by atoms with Gasteiger partial charge in [-0.15, -0.1) is 0 Å². The molecule has 0 saturated carbocycles. The topological polar surface area (TPSA) is 35.5 Å². The van der Waals surface area contributed by atoms with Gasteiger partial charge in [-0.3, -0.25) is 0 Å². The molecule has 0 fully saturated rings. The number of carbonyl (C=O) groups is 1. The fourth-order valence-corrected chi connectivity index (χ4v) is 0.967. The first-order chi connectivity index (χ1) is 7.34. The Morgan fingerprint density at radius 2 is 1.75 bits per heavy atom. The second kappa shape index (κ2) is 7.09. The second-order valence-electron chi connectivity index (χ2n) is 4.38. The van der Waals surface area contributed by atoms with Crippen molar-refractivity contribution in [2.75, 3.05) is 6.61 Å². The summed E-state index contributed by atoms with van der Waals surface area (Å²) in [5, 5.41) is 0. The molecule has 0 radical (unpaired) electrons. The van der Waals surface area contributed by atoms with E-state index in [4.69, 9.17) is 9.47 Å². The highest BCUT2D eigenvalue weighted by Crippen LogP contribution is 2.09. The number of hydrogen-bond acceptors (Lipinski definition) is 3. The van der Waals surface area contributed by atoms with Gasteiger partial charge in [0, 0.05) is 0 Å². The van der Waals surface area contributed by atoms with Gasteiger partial charge in [0.25, 0.3) is 0 Å². The molecule has 0 unspecified atom stereocenters. The Balaban J connectivity index is 4.48. The van der Waals surface area contributed by atoms with Crippen molar-refractivity contribution >= 4 is 5.97 Å². The van der Waals surface area contributed by atoms with Gasteiger partial charge in [0.1, 0.15) is 6.61 Å². The van der Waals surface area contributed by atoms with E-state index >= 15 is 0 Å². The Morgan fingerprint density at radius 1 is 1.19 bits per heavy atom. The van der Waals surface area contributed by atoms with Crippen molar-refractivity contribution in [1.29, 1.82) is 0 Å². The van der Waals surface area contributed by atoms with Crippen LogP contribution < -0.4 is 0 Å². The zero-order chi connectivity index (χ0) is 12.7. The van der Waals surface area contributed by atoms with Crippen molar-refractivity contribution in [1.82, 2.24) is 0 Å². The summed E-state index contributed by atoms with van der Waals surface area (Å²) in [7, 11) is 0. The van der Waals surface area contributed by atoms with E-state index < -0.39 is 5.97 Å². The molecule has 0 rings (SSSR count). The lowest BCUT2D eigenvalue weighted by molar-refractivity contribution is -0.146. The molecule has 0 aromatic carbocycles. The highest BCUT2D eigenvalue weighted by molar-refractivity contribution is 5.87. The maximum atomic E-state index is 11.6. The Kier molecular flexibility index (Phi) is 6.54. The van der Waals surface area contributed by atoms with Gasteiger partial charge >= 0.3 is 5.97 Å². The first-order valence-corrected chi connectivity index (χ1v) is 5.49. The van der Waals surface area contributed by atoms with Crippen LogP contribution in [0.1, 0.15) is 41.5 Å². The Hall–Kier alpha value is -1.25.